The highest BCUT2D eigenvalue weighted by atomic mass is 32.2. The molecule has 0 aliphatic rings. The van der Waals surface area contributed by atoms with Crippen LogP contribution in [-0.4, -0.2) is 51.6 Å². The second-order valence-corrected chi connectivity index (χ2v) is 6.66. The molecule has 2 amide bonds. The Hall–Kier alpha value is -1.63. The van der Waals surface area contributed by atoms with Crippen molar-refractivity contribution in [1.82, 2.24) is 20.2 Å². The third kappa shape index (κ3) is 6.17. The molecule has 1 aromatic rings. The van der Waals surface area contributed by atoms with Gasteiger partial charge in [-0.25, -0.2) is 9.97 Å². The van der Waals surface area contributed by atoms with Crippen molar-refractivity contribution in [2.45, 2.75) is 52.7 Å². The molecule has 0 aliphatic heterocycles. The quantitative estimate of drug-likeness (QED) is 0.607. The first-order valence-corrected chi connectivity index (χ1v) is 8.74. The summed E-state index contributed by atoms with van der Waals surface area (Å²) in [6.07, 6.45) is 0. The molecule has 0 aliphatic carbocycles. The Kier molecular flexibility index (Phi) is 7.48. The summed E-state index contributed by atoms with van der Waals surface area (Å²) in [6, 6.07) is 0.0672. The van der Waals surface area contributed by atoms with Gasteiger partial charge in [0.25, 0.3) is 0 Å². The molecule has 1 heterocycles. The number of aryl methyl sites for hydroxylation is 2. The number of nitrogens with one attached hydrogen (secondary N) is 1. The van der Waals surface area contributed by atoms with Crippen LogP contribution in [0.5, 0.6) is 0 Å². The van der Waals surface area contributed by atoms with Crippen LogP contribution in [0.1, 0.15) is 37.7 Å². The van der Waals surface area contributed by atoms with Gasteiger partial charge < -0.3 is 10.2 Å². The number of thioether (sulfide) groups is 1. The molecule has 0 unspecified atom stereocenters. The van der Waals surface area contributed by atoms with Crippen molar-refractivity contribution >= 4 is 23.6 Å². The van der Waals surface area contributed by atoms with Crippen LogP contribution in [0.2, 0.25) is 0 Å². The van der Waals surface area contributed by atoms with E-state index in [1.807, 2.05) is 41.5 Å². The molecular weight excluding hydrogens is 312 g/mol. The van der Waals surface area contributed by atoms with E-state index >= 15 is 0 Å². The summed E-state index contributed by atoms with van der Waals surface area (Å²) in [6.45, 7) is 12.1. The van der Waals surface area contributed by atoms with Gasteiger partial charge in [0, 0.05) is 24.0 Å². The van der Waals surface area contributed by atoms with E-state index in [2.05, 4.69) is 15.3 Å². The molecule has 0 radical (unpaired) electrons. The molecule has 7 heteroatoms. The van der Waals surface area contributed by atoms with Crippen molar-refractivity contribution in [3.63, 3.8) is 0 Å². The van der Waals surface area contributed by atoms with E-state index in [9.17, 15) is 9.59 Å². The average Bonchev–Trinajstić information content (AvgIpc) is 2.46. The molecule has 1 rings (SSSR count). The minimum Gasteiger partial charge on any atom is -0.352 e. The van der Waals surface area contributed by atoms with Gasteiger partial charge in [-0.2, -0.15) is 0 Å². The Morgan fingerprint density at radius 1 is 1.17 bits per heavy atom. The van der Waals surface area contributed by atoms with Crippen LogP contribution < -0.4 is 5.32 Å². The summed E-state index contributed by atoms with van der Waals surface area (Å²) in [7, 11) is 0. The van der Waals surface area contributed by atoms with Crippen LogP contribution in [-0.2, 0) is 9.59 Å². The number of amides is 2. The molecule has 23 heavy (non-hydrogen) atoms. The van der Waals surface area contributed by atoms with Crippen LogP contribution in [0.15, 0.2) is 5.16 Å². The Morgan fingerprint density at radius 3 is 2.22 bits per heavy atom. The molecule has 0 atom stereocenters. The Morgan fingerprint density at radius 2 is 1.74 bits per heavy atom. The first kappa shape index (κ1) is 19.4. The van der Waals surface area contributed by atoms with E-state index in [0.717, 1.165) is 17.0 Å². The summed E-state index contributed by atoms with van der Waals surface area (Å²) in [5.74, 6) is -0.000518. The molecule has 1 N–H and O–H groups in total. The fourth-order valence-corrected chi connectivity index (χ4v) is 2.78. The van der Waals surface area contributed by atoms with Gasteiger partial charge in [0.2, 0.25) is 11.8 Å². The number of likely N-dealkylation sites (N-methyl/N-ethyl adjacent to an activating group) is 1. The van der Waals surface area contributed by atoms with E-state index in [0.29, 0.717) is 11.7 Å². The Labute approximate surface area is 142 Å². The van der Waals surface area contributed by atoms with Crippen LogP contribution in [0.4, 0.5) is 0 Å². The fraction of sp³-hybridized carbons (Fsp3) is 0.625. The van der Waals surface area contributed by atoms with Gasteiger partial charge in [0.15, 0.2) is 5.16 Å². The lowest BCUT2D eigenvalue weighted by Gasteiger charge is -2.21. The first-order chi connectivity index (χ1) is 10.7. The normalized spacial score (nSPS) is 10.7. The largest absolute Gasteiger partial charge is 0.352 e. The maximum Gasteiger partial charge on any atom is 0.239 e. The Bertz CT molecular complexity index is 552. The lowest BCUT2D eigenvalue weighted by Crippen LogP contribution is -2.43. The average molecular weight is 338 g/mol. The van der Waals surface area contributed by atoms with Crippen LogP contribution >= 0.6 is 11.8 Å². The second kappa shape index (κ2) is 8.86. The van der Waals surface area contributed by atoms with Crippen molar-refractivity contribution in [3.05, 3.63) is 17.0 Å². The van der Waals surface area contributed by atoms with Gasteiger partial charge in [-0.1, -0.05) is 11.8 Å². The maximum absolute atomic E-state index is 12.3. The van der Waals surface area contributed by atoms with Crippen LogP contribution in [0.3, 0.4) is 0 Å². The lowest BCUT2D eigenvalue weighted by atomic mass is 10.2. The summed E-state index contributed by atoms with van der Waals surface area (Å²) >= 11 is 1.31. The molecular formula is C16H26N4O2S. The van der Waals surface area contributed by atoms with Gasteiger partial charge in [0.05, 0.1) is 12.3 Å². The highest BCUT2D eigenvalue weighted by Gasteiger charge is 2.17. The topological polar surface area (TPSA) is 75.2 Å². The van der Waals surface area contributed by atoms with Crippen molar-refractivity contribution < 1.29 is 9.59 Å². The number of hydrogen-bond acceptors (Lipinski definition) is 5. The molecule has 0 aromatic carbocycles. The van der Waals surface area contributed by atoms with Crippen molar-refractivity contribution in [2.24, 2.45) is 0 Å². The number of aromatic nitrogens is 2. The summed E-state index contributed by atoms with van der Waals surface area (Å²) in [5, 5.41) is 3.39. The Balaban J connectivity index is 2.62. The molecule has 6 nitrogen and oxygen atoms in total. The highest BCUT2D eigenvalue weighted by molar-refractivity contribution is 7.99. The molecule has 0 saturated carbocycles. The van der Waals surface area contributed by atoms with Crippen LogP contribution in [0, 0.1) is 20.8 Å². The monoisotopic (exact) mass is 338 g/mol. The second-order valence-electron chi connectivity index (χ2n) is 5.72. The third-order valence-corrected chi connectivity index (χ3v) is 4.29. The fourth-order valence-electron chi connectivity index (χ4n) is 1.94. The number of rotatable bonds is 7. The summed E-state index contributed by atoms with van der Waals surface area (Å²) in [5.41, 5.74) is 2.92. The first-order valence-electron chi connectivity index (χ1n) is 7.76. The summed E-state index contributed by atoms with van der Waals surface area (Å²) in [4.78, 5) is 34.4. The molecule has 0 bridgehead atoms. The smallest absolute Gasteiger partial charge is 0.239 e. The van der Waals surface area contributed by atoms with Crippen molar-refractivity contribution in [2.75, 3.05) is 18.8 Å². The van der Waals surface area contributed by atoms with E-state index < -0.39 is 0 Å². The minimum absolute atomic E-state index is 0.0672. The predicted molar refractivity (Wildman–Crippen MR) is 92.5 cm³/mol. The maximum atomic E-state index is 12.3. The zero-order valence-corrected chi connectivity index (χ0v) is 15.6. The third-order valence-electron chi connectivity index (χ3n) is 3.46. The number of carbonyl (C=O) groups excluding carboxylic acids is 2. The molecule has 1 aromatic heterocycles. The number of carbonyl (C=O) groups is 2. The van der Waals surface area contributed by atoms with E-state index in [4.69, 9.17) is 0 Å². The van der Waals surface area contributed by atoms with Gasteiger partial charge in [-0.15, -0.1) is 0 Å². The molecule has 0 spiro atoms. The van der Waals surface area contributed by atoms with Gasteiger partial charge in [-0.3, -0.25) is 9.59 Å². The standard InChI is InChI=1S/C16H26N4O2S/c1-7-20(8-14(21)17-10(2)3)15(22)9-23-16-18-12(5)11(4)13(6)19-16/h10H,7-9H2,1-6H3,(H,17,21). The molecule has 0 fully saturated rings. The number of hydrogen-bond donors (Lipinski definition) is 1. The highest BCUT2D eigenvalue weighted by Crippen LogP contribution is 2.17. The van der Waals surface area contributed by atoms with Crippen molar-refractivity contribution in [1.29, 1.82) is 0 Å². The van der Waals surface area contributed by atoms with Gasteiger partial charge in [-0.05, 0) is 47.1 Å². The zero-order chi connectivity index (χ0) is 17.6. The SMILES string of the molecule is CCN(CC(=O)NC(C)C)C(=O)CSc1nc(C)c(C)c(C)n1. The predicted octanol–water partition coefficient (Wildman–Crippen LogP) is 1.87. The van der Waals surface area contributed by atoms with Crippen molar-refractivity contribution in [3.8, 4) is 0 Å². The zero-order valence-electron chi connectivity index (χ0n) is 14.8. The molecule has 0 saturated heterocycles. The number of nitrogens with zero attached hydrogens (tertiary/aromatic N) is 3. The van der Waals surface area contributed by atoms with Gasteiger partial charge in [0.1, 0.15) is 0 Å². The summed E-state index contributed by atoms with van der Waals surface area (Å²) < 4.78 is 0. The molecule has 128 valence electrons. The van der Waals surface area contributed by atoms with Crippen LogP contribution in [0.25, 0.3) is 0 Å². The van der Waals surface area contributed by atoms with Gasteiger partial charge >= 0.3 is 0 Å². The minimum atomic E-state index is -0.140. The van der Waals surface area contributed by atoms with E-state index in [1.54, 1.807) is 4.90 Å². The lowest BCUT2D eigenvalue weighted by molar-refractivity contribution is -0.134. The van der Waals surface area contributed by atoms with E-state index in [1.165, 1.54) is 11.8 Å². The van der Waals surface area contributed by atoms with E-state index in [-0.39, 0.29) is 30.2 Å².